The minimum atomic E-state index is -1.09. The van der Waals surface area contributed by atoms with E-state index in [4.69, 9.17) is 14.2 Å². The molecule has 0 bridgehead atoms. The van der Waals surface area contributed by atoms with Crippen LogP contribution < -0.4 is 10.1 Å². The van der Waals surface area contributed by atoms with Gasteiger partial charge in [0.15, 0.2) is 0 Å². The minimum Gasteiger partial charge on any atom is -0.496 e. The standard InChI is InChI=1S/C36H52F2N2O5/c1-24(2)27(20-34(43-4)30-9-7-16-39-25(30)3)8-5-6-10-32(38)28-13-17-40(22-28)35(36(41)42)31-21-29(37)11-12-33(31)45-23-26-14-18-44-19-15-26/h11-12,20-21,26,28,32,35,39H,5-10,13-19,22-23H2,1-4H3,(H,41,42)/b34-20+/t28-,32?,35?/m1/s1. The zero-order valence-electron chi connectivity index (χ0n) is 27.5. The molecule has 0 aliphatic carbocycles. The number of likely N-dealkylation sites (tertiary alicyclic amines) is 1. The summed E-state index contributed by atoms with van der Waals surface area (Å²) in [6, 6.07) is 2.97. The number of ether oxygens (including phenoxy) is 3. The Bertz CT molecular complexity index is 1240. The Morgan fingerprint density at radius 2 is 2.00 bits per heavy atom. The first kappa shape index (κ1) is 35.0. The smallest absolute Gasteiger partial charge is 0.325 e. The number of carboxylic acid groups (broad SMARTS) is 1. The highest BCUT2D eigenvalue weighted by Crippen LogP contribution is 2.37. The number of unbranched alkanes of at least 4 members (excludes halogenated alkanes) is 1. The van der Waals surface area contributed by atoms with Crippen LogP contribution in [-0.2, 0) is 14.3 Å². The Kier molecular flexibility index (Phi) is 13.3. The van der Waals surface area contributed by atoms with E-state index < -0.39 is 24.0 Å². The molecule has 3 aliphatic rings. The molecule has 1 aromatic carbocycles. The van der Waals surface area contributed by atoms with E-state index in [1.807, 2.05) is 0 Å². The third kappa shape index (κ3) is 9.79. The lowest BCUT2D eigenvalue weighted by Crippen LogP contribution is -2.34. The minimum absolute atomic E-state index is 0.261. The predicted molar refractivity (Wildman–Crippen MR) is 172 cm³/mol. The number of hydrogen-bond donors (Lipinski definition) is 2. The first-order chi connectivity index (χ1) is 21.7. The fourth-order valence-corrected chi connectivity index (χ4v) is 6.74. The van der Waals surface area contributed by atoms with Crippen LogP contribution >= 0.6 is 0 Å². The quantitative estimate of drug-likeness (QED) is 0.118. The van der Waals surface area contributed by atoms with Gasteiger partial charge >= 0.3 is 5.97 Å². The Morgan fingerprint density at radius 1 is 1.22 bits per heavy atom. The largest absolute Gasteiger partial charge is 0.496 e. The SMILES string of the molecule is CO/C(=C/C(CCCCC(F)[C@@H]1CCN(C(C(=O)O)c2cc(F)ccc2OCC2CCOCC2)C1)=C(C)C)C1=C(C)NCCC1. The molecule has 45 heavy (non-hydrogen) atoms. The van der Waals surface area contributed by atoms with Crippen molar-refractivity contribution in [1.82, 2.24) is 10.2 Å². The first-order valence-corrected chi connectivity index (χ1v) is 16.6. The van der Waals surface area contributed by atoms with Crippen molar-refractivity contribution in [2.75, 3.05) is 46.6 Å². The zero-order chi connectivity index (χ0) is 32.3. The summed E-state index contributed by atoms with van der Waals surface area (Å²) in [7, 11) is 1.71. The van der Waals surface area contributed by atoms with Crippen LogP contribution in [0.15, 0.2) is 52.5 Å². The van der Waals surface area contributed by atoms with Crippen molar-refractivity contribution in [3.8, 4) is 5.75 Å². The van der Waals surface area contributed by atoms with E-state index in [-0.39, 0.29) is 5.92 Å². The lowest BCUT2D eigenvalue weighted by Gasteiger charge is -2.28. The van der Waals surface area contributed by atoms with Crippen LogP contribution in [0.2, 0.25) is 0 Å². The van der Waals surface area contributed by atoms with Gasteiger partial charge in [-0.1, -0.05) is 12.0 Å². The number of nitrogens with zero attached hydrogens (tertiary/aromatic N) is 1. The Hall–Kier alpha value is -2.91. The van der Waals surface area contributed by atoms with Crippen molar-refractivity contribution in [1.29, 1.82) is 0 Å². The van der Waals surface area contributed by atoms with Gasteiger partial charge in [-0.2, -0.15) is 0 Å². The van der Waals surface area contributed by atoms with E-state index in [0.29, 0.717) is 63.0 Å². The molecule has 9 heteroatoms. The molecule has 2 N–H and O–H groups in total. The van der Waals surface area contributed by atoms with Crippen molar-refractivity contribution in [2.24, 2.45) is 11.8 Å². The molecule has 1 aromatic rings. The number of nitrogens with one attached hydrogen (secondary N) is 1. The number of hydrogen-bond acceptors (Lipinski definition) is 6. The molecule has 2 unspecified atom stereocenters. The zero-order valence-corrected chi connectivity index (χ0v) is 27.5. The molecule has 0 amide bonds. The third-order valence-electron chi connectivity index (χ3n) is 9.54. The van der Waals surface area contributed by atoms with Gasteiger partial charge in [0.1, 0.15) is 29.5 Å². The average Bonchev–Trinajstić information content (AvgIpc) is 3.51. The Balaban J connectivity index is 1.32. The molecule has 3 heterocycles. The van der Waals surface area contributed by atoms with Crippen molar-refractivity contribution >= 4 is 5.97 Å². The van der Waals surface area contributed by atoms with Crippen LogP contribution in [0.1, 0.15) is 90.2 Å². The average molecular weight is 631 g/mol. The number of carboxylic acids is 1. The normalized spacial score (nSPS) is 21.3. The highest BCUT2D eigenvalue weighted by Gasteiger charge is 2.38. The molecule has 3 aliphatic heterocycles. The molecular formula is C36H52F2N2O5. The van der Waals surface area contributed by atoms with Crippen LogP contribution in [0.5, 0.6) is 5.75 Å². The number of halogens is 2. The van der Waals surface area contributed by atoms with Gasteiger partial charge in [-0.25, -0.2) is 8.78 Å². The number of benzene rings is 1. The fraction of sp³-hybridized carbons (Fsp3) is 0.639. The number of rotatable bonds is 15. The number of alkyl halides is 1. The number of aliphatic carboxylic acids is 1. The summed E-state index contributed by atoms with van der Waals surface area (Å²) < 4.78 is 47.2. The highest BCUT2D eigenvalue weighted by atomic mass is 19.1. The molecule has 7 nitrogen and oxygen atoms in total. The molecule has 2 fully saturated rings. The van der Waals surface area contributed by atoms with Gasteiger partial charge in [0, 0.05) is 49.1 Å². The topological polar surface area (TPSA) is 80.3 Å². The van der Waals surface area contributed by atoms with Crippen molar-refractivity contribution in [2.45, 2.75) is 90.8 Å². The first-order valence-electron chi connectivity index (χ1n) is 16.6. The molecule has 3 atom stereocenters. The Morgan fingerprint density at radius 3 is 2.69 bits per heavy atom. The lowest BCUT2D eigenvalue weighted by molar-refractivity contribution is -0.143. The molecule has 0 spiro atoms. The van der Waals surface area contributed by atoms with Gasteiger partial charge in [-0.15, -0.1) is 0 Å². The summed E-state index contributed by atoms with van der Waals surface area (Å²) in [6.45, 7) is 9.82. The number of allylic oxidation sites excluding steroid dienone is 5. The van der Waals surface area contributed by atoms with Crippen LogP contribution in [0.25, 0.3) is 0 Å². The third-order valence-corrected chi connectivity index (χ3v) is 9.54. The molecule has 0 saturated carbocycles. The van der Waals surface area contributed by atoms with Crippen molar-refractivity contribution in [3.63, 3.8) is 0 Å². The van der Waals surface area contributed by atoms with Gasteiger partial charge in [0.05, 0.1) is 13.7 Å². The predicted octanol–water partition coefficient (Wildman–Crippen LogP) is 7.50. The second-order valence-corrected chi connectivity index (χ2v) is 13.0. The van der Waals surface area contributed by atoms with E-state index in [9.17, 15) is 14.3 Å². The summed E-state index contributed by atoms with van der Waals surface area (Å²) >= 11 is 0. The van der Waals surface area contributed by atoms with E-state index >= 15 is 4.39 Å². The van der Waals surface area contributed by atoms with Gasteiger partial charge < -0.3 is 24.6 Å². The molecule has 0 aromatic heterocycles. The van der Waals surface area contributed by atoms with Crippen molar-refractivity contribution < 1.29 is 32.9 Å². The Labute approximate surface area is 267 Å². The van der Waals surface area contributed by atoms with Gasteiger partial charge in [0.25, 0.3) is 0 Å². The van der Waals surface area contributed by atoms with Crippen molar-refractivity contribution in [3.05, 3.63) is 63.8 Å². The van der Waals surface area contributed by atoms with Gasteiger partial charge in [-0.05, 0) is 114 Å². The second kappa shape index (κ2) is 17.1. The van der Waals surface area contributed by atoms with E-state index in [1.54, 1.807) is 12.0 Å². The molecule has 250 valence electrons. The monoisotopic (exact) mass is 630 g/mol. The number of carbonyl (C=O) groups is 1. The maximum atomic E-state index is 15.5. The summed E-state index contributed by atoms with van der Waals surface area (Å²) in [5, 5.41) is 13.7. The van der Waals surface area contributed by atoms with E-state index in [1.165, 1.54) is 34.9 Å². The summed E-state index contributed by atoms with van der Waals surface area (Å²) in [4.78, 5) is 14.3. The second-order valence-electron chi connectivity index (χ2n) is 13.0. The summed E-state index contributed by atoms with van der Waals surface area (Å²) in [5.41, 5.74) is 5.11. The summed E-state index contributed by atoms with van der Waals surface area (Å²) in [6.07, 6.45) is 8.38. The van der Waals surface area contributed by atoms with E-state index in [2.05, 4.69) is 32.2 Å². The van der Waals surface area contributed by atoms with Crippen LogP contribution in [0, 0.1) is 17.7 Å². The maximum Gasteiger partial charge on any atom is 0.325 e. The molecule has 4 rings (SSSR count). The van der Waals surface area contributed by atoms with Gasteiger partial charge in [0.2, 0.25) is 0 Å². The molecule has 2 saturated heterocycles. The van der Waals surface area contributed by atoms with E-state index in [0.717, 1.165) is 62.9 Å². The molecular weight excluding hydrogens is 578 g/mol. The fourth-order valence-electron chi connectivity index (χ4n) is 6.74. The van der Waals surface area contributed by atoms with Crippen LogP contribution in [0.3, 0.4) is 0 Å². The van der Waals surface area contributed by atoms with Crippen LogP contribution in [-0.4, -0.2) is 68.7 Å². The van der Waals surface area contributed by atoms with Gasteiger partial charge in [-0.3, -0.25) is 9.69 Å². The van der Waals surface area contributed by atoms with Crippen LogP contribution in [0.4, 0.5) is 8.78 Å². The molecule has 0 radical (unpaired) electrons. The summed E-state index contributed by atoms with van der Waals surface area (Å²) in [5.74, 6) is -0.274. The maximum absolute atomic E-state index is 15.5. The number of methoxy groups -OCH3 is 1. The highest BCUT2D eigenvalue weighted by molar-refractivity contribution is 5.77. The lowest BCUT2D eigenvalue weighted by atomic mass is 9.95.